The fourth-order valence-electron chi connectivity index (χ4n) is 1.38. The molecule has 0 saturated carbocycles. The molecule has 1 aromatic rings. The van der Waals surface area contributed by atoms with Crippen LogP contribution in [0.15, 0.2) is 18.3 Å². The van der Waals surface area contributed by atoms with Gasteiger partial charge in [-0.1, -0.05) is 0 Å². The molecule has 0 spiro atoms. The number of rotatable bonds is 7. The van der Waals surface area contributed by atoms with Crippen molar-refractivity contribution in [3.63, 3.8) is 0 Å². The third-order valence-corrected chi connectivity index (χ3v) is 2.76. The van der Waals surface area contributed by atoms with E-state index in [4.69, 9.17) is 0 Å². The molecule has 0 bridgehead atoms. The van der Waals surface area contributed by atoms with Gasteiger partial charge in [0.1, 0.15) is 5.82 Å². The number of hydrogen-bond acceptors (Lipinski definition) is 5. The predicted molar refractivity (Wildman–Crippen MR) is 74.4 cm³/mol. The van der Waals surface area contributed by atoms with Gasteiger partial charge in [-0.2, -0.15) is 0 Å². The monoisotopic (exact) mass is 272 g/mol. The van der Waals surface area contributed by atoms with E-state index in [0.29, 0.717) is 5.69 Å². The molecule has 0 radical (unpaired) electrons. The first-order valence-corrected chi connectivity index (χ1v) is 7.58. The van der Waals surface area contributed by atoms with Gasteiger partial charge in [0.2, 0.25) is 10.0 Å². The van der Waals surface area contributed by atoms with E-state index in [0.717, 1.165) is 31.6 Å². The lowest BCUT2D eigenvalue weighted by molar-refractivity contribution is 0.405. The number of pyridine rings is 1. The van der Waals surface area contributed by atoms with Crippen LogP contribution in [0.1, 0.15) is 6.42 Å². The molecule has 0 fully saturated rings. The minimum atomic E-state index is -3.24. The Bertz CT molecular complexity index is 456. The van der Waals surface area contributed by atoms with Crippen LogP contribution < -0.4 is 10.0 Å². The number of hydrogen-bond donors (Lipinski definition) is 2. The van der Waals surface area contributed by atoms with Crippen molar-refractivity contribution in [2.24, 2.45) is 0 Å². The van der Waals surface area contributed by atoms with E-state index >= 15 is 0 Å². The topological polar surface area (TPSA) is 74.3 Å². The van der Waals surface area contributed by atoms with Crippen LogP contribution in [0.5, 0.6) is 0 Å². The summed E-state index contributed by atoms with van der Waals surface area (Å²) < 4.78 is 24.4. The van der Waals surface area contributed by atoms with Crippen LogP contribution in [-0.2, 0) is 10.0 Å². The Balaban J connectivity index is 2.41. The summed E-state index contributed by atoms with van der Waals surface area (Å²) in [6.45, 7) is 1.85. The maximum absolute atomic E-state index is 11.0. The van der Waals surface area contributed by atoms with Gasteiger partial charge in [0.05, 0.1) is 18.1 Å². The van der Waals surface area contributed by atoms with Crippen molar-refractivity contribution >= 4 is 21.5 Å². The third kappa shape index (κ3) is 6.41. The van der Waals surface area contributed by atoms with Crippen LogP contribution in [0.4, 0.5) is 11.5 Å². The molecule has 1 heterocycles. The van der Waals surface area contributed by atoms with Crippen molar-refractivity contribution in [1.29, 1.82) is 0 Å². The molecule has 0 aliphatic rings. The third-order valence-electron chi connectivity index (χ3n) is 2.15. The van der Waals surface area contributed by atoms with E-state index in [1.807, 2.05) is 14.1 Å². The van der Waals surface area contributed by atoms with Gasteiger partial charge in [0, 0.05) is 6.54 Å². The van der Waals surface area contributed by atoms with E-state index in [1.54, 1.807) is 12.1 Å². The zero-order chi connectivity index (χ0) is 13.6. The summed E-state index contributed by atoms with van der Waals surface area (Å²) >= 11 is 0. The Hall–Kier alpha value is -1.34. The summed E-state index contributed by atoms with van der Waals surface area (Å²) in [5, 5.41) is 3.18. The van der Waals surface area contributed by atoms with Gasteiger partial charge in [-0.15, -0.1) is 0 Å². The summed E-state index contributed by atoms with van der Waals surface area (Å²) in [6, 6.07) is 3.44. The molecule has 1 aromatic heterocycles. The summed E-state index contributed by atoms with van der Waals surface area (Å²) in [6.07, 6.45) is 3.63. The highest BCUT2D eigenvalue weighted by Crippen LogP contribution is 2.10. The number of aromatic nitrogens is 1. The van der Waals surface area contributed by atoms with Crippen molar-refractivity contribution in [3.8, 4) is 0 Å². The first-order chi connectivity index (χ1) is 8.37. The molecule has 6 nitrogen and oxygen atoms in total. The van der Waals surface area contributed by atoms with E-state index in [9.17, 15) is 8.42 Å². The molecular formula is C11H20N4O2S. The van der Waals surface area contributed by atoms with Crippen LogP contribution >= 0.6 is 0 Å². The predicted octanol–water partition coefficient (Wildman–Crippen LogP) is 0.817. The van der Waals surface area contributed by atoms with Crippen LogP contribution in [0.2, 0.25) is 0 Å². The number of sulfonamides is 1. The van der Waals surface area contributed by atoms with Gasteiger partial charge < -0.3 is 10.2 Å². The Morgan fingerprint density at radius 2 is 2.06 bits per heavy atom. The maximum Gasteiger partial charge on any atom is 0.229 e. The molecule has 1 rings (SSSR count). The molecule has 102 valence electrons. The minimum absolute atomic E-state index is 0.469. The highest BCUT2D eigenvalue weighted by Gasteiger charge is 2.02. The number of anilines is 2. The second-order valence-corrected chi connectivity index (χ2v) is 6.14. The summed E-state index contributed by atoms with van der Waals surface area (Å²) in [4.78, 5) is 6.25. The summed E-state index contributed by atoms with van der Waals surface area (Å²) in [5.74, 6) is 0.743. The normalized spacial score (nSPS) is 11.6. The minimum Gasteiger partial charge on any atom is -0.370 e. The molecule has 2 N–H and O–H groups in total. The molecule has 0 unspecified atom stereocenters. The van der Waals surface area contributed by atoms with Gasteiger partial charge >= 0.3 is 0 Å². The van der Waals surface area contributed by atoms with Crippen LogP contribution in [0, 0.1) is 0 Å². The molecule has 0 amide bonds. The first kappa shape index (κ1) is 14.7. The Kier molecular flexibility index (Phi) is 5.36. The van der Waals surface area contributed by atoms with Crippen LogP contribution in [-0.4, -0.2) is 51.7 Å². The maximum atomic E-state index is 11.0. The standard InChI is InChI=1S/C11H20N4O2S/c1-15(2)8-4-7-12-11-6-5-10(9-13-11)14-18(3,16)17/h5-6,9,14H,4,7-8H2,1-3H3,(H,12,13). The smallest absolute Gasteiger partial charge is 0.229 e. The highest BCUT2D eigenvalue weighted by molar-refractivity contribution is 7.92. The van der Waals surface area contributed by atoms with Crippen molar-refractivity contribution < 1.29 is 8.42 Å². The lowest BCUT2D eigenvalue weighted by Crippen LogP contribution is -2.16. The first-order valence-electron chi connectivity index (χ1n) is 5.69. The zero-order valence-corrected chi connectivity index (χ0v) is 11.8. The highest BCUT2D eigenvalue weighted by atomic mass is 32.2. The fraction of sp³-hybridized carbons (Fsp3) is 0.545. The second-order valence-electron chi connectivity index (χ2n) is 4.39. The molecule has 0 aromatic carbocycles. The lowest BCUT2D eigenvalue weighted by Gasteiger charge is -2.10. The Morgan fingerprint density at radius 3 is 2.56 bits per heavy atom. The molecule has 0 saturated heterocycles. The average molecular weight is 272 g/mol. The number of nitrogens with zero attached hydrogens (tertiary/aromatic N) is 2. The quantitative estimate of drug-likeness (QED) is 0.719. The fourth-order valence-corrected chi connectivity index (χ4v) is 1.93. The lowest BCUT2D eigenvalue weighted by atomic mass is 10.4. The van der Waals surface area contributed by atoms with Crippen molar-refractivity contribution in [2.45, 2.75) is 6.42 Å². The van der Waals surface area contributed by atoms with Crippen molar-refractivity contribution in [1.82, 2.24) is 9.88 Å². The second kappa shape index (κ2) is 6.55. The average Bonchev–Trinajstić information content (AvgIpc) is 2.24. The zero-order valence-electron chi connectivity index (χ0n) is 11.0. The molecule has 0 aliphatic heterocycles. The van der Waals surface area contributed by atoms with Gasteiger partial charge in [-0.3, -0.25) is 4.72 Å². The summed E-state index contributed by atoms with van der Waals surface area (Å²) in [5.41, 5.74) is 0.469. The van der Waals surface area contributed by atoms with Crippen molar-refractivity contribution in [2.75, 3.05) is 43.5 Å². The molecular weight excluding hydrogens is 252 g/mol. The van der Waals surface area contributed by atoms with Crippen LogP contribution in [0.3, 0.4) is 0 Å². The molecule has 0 aliphatic carbocycles. The van der Waals surface area contributed by atoms with E-state index in [-0.39, 0.29) is 0 Å². The van der Waals surface area contributed by atoms with Crippen molar-refractivity contribution in [3.05, 3.63) is 18.3 Å². The summed E-state index contributed by atoms with van der Waals surface area (Å²) in [7, 11) is 0.827. The van der Waals surface area contributed by atoms with Gasteiger partial charge in [-0.05, 0) is 39.2 Å². The molecule has 18 heavy (non-hydrogen) atoms. The Labute approximate surface area is 108 Å². The van der Waals surface area contributed by atoms with E-state index in [1.165, 1.54) is 6.20 Å². The van der Waals surface area contributed by atoms with Gasteiger partial charge in [0.25, 0.3) is 0 Å². The van der Waals surface area contributed by atoms with E-state index < -0.39 is 10.0 Å². The van der Waals surface area contributed by atoms with Crippen LogP contribution in [0.25, 0.3) is 0 Å². The SMILES string of the molecule is CN(C)CCCNc1ccc(NS(C)(=O)=O)cn1. The Morgan fingerprint density at radius 1 is 1.33 bits per heavy atom. The molecule has 7 heteroatoms. The largest absolute Gasteiger partial charge is 0.370 e. The van der Waals surface area contributed by atoms with E-state index in [2.05, 4.69) is 19.9 Å². The number of nitrogens with one attached hydrogen (secondary N) is 2. The van der Waals surface area contributed by atoms with Gasteiger partial charge in [-0.25, -0.2) is 13.4 Å². The van der Waals surface area contributed by atoms with Gasteiger partial charge in [0.15, 0.2) is 0 Å². The molecule has 0 atom stereocenters.